The highest BCUT2D eigenvalue weighted by Crippen LogP contribution is 2.38. The number of fused-ring (bicyclic) bond motifs is 2. The number of rotatable bonds is 3. The van der Waals surface area contributed by atoms with Gasteiger partial charge in [0, 0.05) is 12.5 Å². The summed E-state index contributed by atoms with van der Waals surface area (Å²) in [5.74, 6) is 0.299. The summed E-state index contributed by atoms with van der Waals surface area (Å²) in [6, 6.07) is 6.30. The van der Waals surface area contributed by atoms with E-state index in [4.69, 9.17) is 10.8 Å². The summed E-state index contributed by atoms with van der Waals surface area (Å²) in [7, 11) is 0. The molecule has 27 heavy (non-hydrogen) atoms. The van der Waals surface area contributed by atoms with Crippen molar-refractivity contribution in [1.82, 2.24) is 24.7 Å². The number of nitrogen functional groups attached to an aromatic ring is 1. The maximum absolute atomic E-state index is 11.3. The van der Waals surface area contributed by atoms with Gasteiger partial charge in [0.15, 0.2) is 10.8 Å². The molecule has 1 aliphatic rings. The van der Waals surface area contributed by atoms with E-state index in [9.17, 15) is 4.79 Å². The van der Waals surface area contributed by atoms with E-state index in [1.807, 2.05) is 22.9 Å². The van der Waals surface area contributed by atoms with Crippen molar-refractivity contribution in [3.05, 3.63) is 24.5 Å². The lowest BCUT2D eigenvalue weighted by molar-refractivity contribution is -0.114. The number of carbonyl (C=O) groups excluding carboxylic acids is 1. The fourth-order valence-electron chi connectivity index (χ4n) is 3.36. The van der Waals surface area contributed by atoms with E-state index in [-0.39, 0.29) is 5.91 Å². The largest absolute Gasteiger partial charge is 0.383 e. The number of thiazole rings is 1. The van der Waals surface area contributed by atoms with E-state index in [2.05, 4.69) is 20.3 Å². The number of hydrogen-bond acceptors (Lipinski definition) is 7. The average Bonchev–Trinajstić information content (AvgIpc) is 3.14. The van der Waals surface area contributed by atoms with Crippen LogP contribution in [0.25, 0.3) is 32.5 Å². The van der Waals surface area contributed by atoms with Gasteiger partial charge in [-0.3, -0.25) is 4.79 Å². The number of nitrogens with two attached hydrogens (primary N) is 1. The van der Waals surface area contributed by atoms with Crippen molar-refractivity contribution in [2.24, 2.45) is 0 Å². The van der Waals surface area contributed by atoms with Crippen LogP contribution in [0.5, 0.6) is 0 Å². The third-order valence-electron chi connectivity index (χ3n) is 4.88. The monoisotopic (exact) mass is 379 g/mol. The third-order valence-corrected chi connectivity index (χ3v) is 5.82. The van der Waals surface area contributed by atoms with Crippen molar-refractivity contribution < 1.29 is 4.79 Å². The highest BCUT2D eigenvalue weighted by atomic mass is 32.1. The fourth-order valence-corrected chi connectivity index (χ4v) is 4.31. The summed E-state index contributed by atoms with van der Waals surface area (Å²) in [5.41, 5.74) is 9.51. The Labute approximate surface area is 158 Å². The first kappa shape index (κ1) is 16.1. The molecular weight excluding hydrogens is 362 g/mol. The lowest BCUT2D eigenvalue weighted by Crippen LogP contribution is -2.18. The van der Waals surface area contributed by atoms with Gasteiger partial charge in [-0.15, -0.1) is 0 Å². The van der Waals surface area contributed by atoms with Crippen LogP contribution >= 0.6 is 11.3 Å². The molecule has 1 aliphatic carbocycles. The number of carbonyl (C=O) groups is 1. The molecular formula is C18H17N7OS. The van der Waals surface area contributed by atoms with Crippen LogP contribution < -0.4 is 11.1 Å². The standard InChI is InChI=1S/C18H17N7OS/c1-9(26)22-18-23-12-6-5-10(7-13(12)27-18)15-14-16(19)20-8-21-17(14)25(24-15)11-3-2-4-11/h5-8,11H,2-4H2,1H3,(H2,19,20,21)(H,22,23,26). The molecule has 0 saturated heterocycles. The van der Waals surface area contributed by atoms with Gasteiger partial charge >= 0.3 is 0 Å². The molecule has 0 aliphatic heterocycles. The molecule has 3 aromatic heterocycles. The van der Waals surface area contributed by atoms with Crippen LogP contribution in [0.4, 0.5) is 10.9 Å². The predicted molar refractivity (Wildman–Crippen MR) is 106 cm³/mol. The second-order valence-corrected chi connectivity index (χ2v) is 7.75. The van der Waals surface area contributed by atoms with E-state index in [1.54, 1.807) is 0 Å². The zero-order valence-corrected chi connectivity index (χ0v) is 15.5. The molecule has 3 heterocycles. The number of amides is 1. The molecule has 1 saturated carbocycles. The molecule has 1 aromatic carbocycles. The Morgan fingerprint density at radius 3 is 2.93 bits per heavy atom. The van der Waals surface area contributed by atoms with E-state index in [1.165, 1.54) is 31.0 Å². The summed E-state index contributed by atoms with van der Waals surface area (Å²) >= 11 is 1.43. The molecule has 0 radical (unpaired) electrons. The zero-order chi connectivity index (χ0) is 18.5. The molecule has 0 bridgehead atoms. The molecule has 136 valence electrons. The van der Waals surface area contributed by atoms with E-state index in [0.29, 0.717) is 17.0 Å². The Kier molecular flexibility index (Phi) is 3.57. The summed E-state index contributed by atoms with van der Waals surface area (Å²) in [6.45, 7) is 1.47. The van der Waals surface area contributed by atoms with E-state index >= 15 is 0 Å². The molecule has 4 aromatic rings. The van der Waals surface area contributed by atoms with Gasteiger partial charge in [-0.2, -0.15) is 5.10 Å². The highest BCUT2D eigenvalue weighted by molar-refractivity contribution is 7.22. The topological polar surface area (TPSA) is 112 Å². The minimum atomic E-state index is -0.135. The molecule has 1 amide bonds. The quantitative estimate of drug-likeness (QED) is 0.564. The SMILES string of the molecule is CC(=O)Nc1nc2ccc(-c3nn(C4CCC4)c4ncnc(N)c34)cc2s1. The molecule has 0 spiro atoms. The van der Waals surface area contributed by atoms with Crippen molar-refractivity contribution in [3.63, 3.8) is 0 Å². The van der Waals surface area contributed by atoms with E-state index in [0.717, 1.165) is 45.3 Å². The summed E-state index contributed by atoms with van der Waals surface area (Å²) < 4.78 is 2.96. The zero-order valence-electron chi connectivity index (χ0n) is 14.6. The van der Waals surface area contributed by atoms with Crippen LogP contribution in [0, 0.1) is 0 Å². The van der Waals surface area contributed by atoms with Gasteiger partial charge in [-0.1, -0.05) is 17.4 Å². The normalized spacial score (nSPS) is 14.6. The highest BCUT2D eigenvalue weighted by Gasteiger charge is 2.26. The van der Waals surface area contributed by atoms with Crippen molar-refractivity contribution >= 4 is 49.4 Å². The van der Waals surface area contributed by atoms with Crippen molar-refractivity contribution in [2.45, 2.75) is 32.2 Å². The lowest BCUT2D eigenvalue weighted by Gasteiger charge is -2.25. The first-order valence-electron chi connectivity index (χ1n) is 8.77. The van der Waals surface area contributed by atoms with Crippen molar-refractivity contribution in [2.75, 3.05) is 11.1 Å². The average molecular weight is 379 g/mol. The number of hydrogen-bond donors (Lipinski definition) is 2. The third kappa shape index (κ3) is 2.62. The van der Waals surface area contributed by atoms with Crippen LogP contribution in [0.15, 0.2) is 24.5 Å². The Morgan fingerprint density at radius 1 is 1.33 bits per heavy atom. The maximum atomic E-state index is 11.3. The van der Waals surface area contributed by atoms with Gasteiger partial charge < -0.3 is 11.1 Å². The van der Waals surface area contributed by atoms with Gasteiger partial charge in [-0.05, 0) is 31.4 Å². The second-order valence-electron chi connectivity index (χ2n) is 6.72. The summed E-state index contributed by atoms with van der Waals surface area (Å²) in [6.07, 6.45) is 4.91. The van der Waals surface area contributed by atoms with Gasteiger partial charge in [0.1, 0.15) is 17.8 Å². The molecule has 8 nitrogen and oxygen atoms in total. The Balaban J connectivity index is 1.67. The molecule has 9 heteroatoms. The van der Waals surface area contributed by atoms with Gasteiger partial charge in [0.05, 0.1) is 21.6 Å². The van der Waals surface area contributed by atoms with Gasteiger partial charge in [-0.25, -0.2) is 19.6 Å². The number of anilines is 2. The van der Waals surface area contributed by atoms with Crippen LogP contribution in [-0.2, 0) is 4.79 Å². The Hall–Kier alpha value is -3.07. The number of nitrogens with one attached hydrogen (secondary N) is 1. The van der Waals surface area contributed by atoms with Gasteiger partial charge in [0.2, 0.25) is 5.91 Å². The molecule has 1 fully saturated rings. The Bertz CT molecular complexity index is 1190. The first-order chi connectivity index (χ1) is 13.1. The first-order valence-corrected chi connectivity index (χ1v) is 9.59. The number of benzene rings is 1. The van der Waals surface area contributed by atoms with Crippen LogP contribution in [0.3, 0.4) is 0 Å². The molecule has 0 atom stereocenters. The minimum Gasteiger partial charge on any atom is -0.383 e. The smallest absolute Gasteiger partial charge is 0.223 e. The fraction of sp³-hybridized carbons (Fsp3) is 0.278. The summed E-state index contributed by atoms with van der Waals surface area (Å²) in [4.78, 5) is 24.3. The predicted octanol–water partition coefficient (Wildman–Crippen LogP) is 3.37. The molecule has 3 N–H and O–H groups in total. The second kappa shape index (κ2) is 5.98. The van der Waals surface area contributed by atoms with Crippen molar-refractivity contribution in [1.29, 1.82) is 0 Å². The molecule has 5 rings (SSSR count). The van der Waals surface area contributed by atoms with Crippen molar-refractivity contribution in [3.8, 4) is 11.3 Å². The summed E-state index contributed by atoms with van der Waals surface area (Å²) in [5, 5.41) is 8.96. The molecule has 0 unspecified atom stereocenters. The number of nitrogens with zero attached hydrogens (tertiary/aromatic N) is 5. The van der Waals surface area contributed by atoms with Crippen LogP contribution in [0.1, 0.15) is 32.2 Å². The minimum absolute atomic E-state index is 0.135. The maximum Gasteiger partial charge on any atom is 0.223 e. The number of aromatic nitrogens is 5. The van der Waals surface area contributed by atoms with E-state index < -0.39 is 0 Å². The van der Waals surface area contributed by atoms with Gasteiger partial charge in [0.25, 0.3) is 0 Å². The lowest BCUT2D eigenvalue weighted by atomic mass is 9.93. The van der Waals surface area contributed by atoms with Crippen LogP contribution in [0.2, 0.25) is 0 Å². The Morgan fingerprint density at radius 2 is 2.19 bits per heavy atom. The van der Waals surface area contributed by atoms with Crippen LogP contribution in [-0.4, -0.2) is 30.6 Å².